The number of hydrogen-bond donors (Lipinski definition) is 0. The van der Waals surface area contributed by atoms with Crippen molar-refractivity contribution in [1.82, 2.24) is 9.88 Å². The second-order valence-electron chi connectivity index (χ2n) is 9.55. The molecule has 2 atom stereocenters. The minimum absolute atomic E-state index is 0.0938. The van der Waals surface area contributed by atoms with Gasteiger partial charge in [-0.15, -0.1) is 0 Å². The molecule has 6 heteroatoms. The summed E-state index contributed by atoms with van der Waals surface area (Å²) in [7, 11) is 0. The van der Waals surface area contributed by atoms with E-state index in [4.69, 9.17) is 14.5 Å². The Balaban J connectivity index is 1.55. The lowest BCUT2D eigenvalue weighted by Crippen LogP contribution is -2.44. The summed E-state index contributed by atoms with van der Waals surface area (Å²) in [6.07, 6.45) is 0. The second-order valence-corrected chi connectivity index (χ2v) is 9.55. The molecule has 166 valence electrons. The summed E-state index contributed by atoms with van der Waals surface area (Å²) in [5, 5.41) is 0. The zero-order chi connectivity index (χ0) is 22.8. The Labute approximate surface area is 192 Å². The number of aromatic nitrogens is 1. The molecule has 6 nitrogen and oxygen atoms in total. The number of carbonyl (C=O) groups excluding carboxylic acids is 1. The van der Waals surface area contributed by atoms with E-state index in [0.717, 1.165) is 16.7 Å². The third-order valence-electron chi connectivity index (χ3n) is 6.69. The molecule has 1 aromatic heterocycles. The number of ether oxygens (including phenoxy) is 2. The van der Waals surface area contributed by atoms with Gasteiger partial charge in [0.1, 0.15) is 12.3 Å². The molecule has 3 aliphatic rings. The van der Waals surface area contributed by atoms with Gasteiger partial charge in [0.15, 0.2) is 5.72 Å². The maximum absolute atomic E-state index is 14.1. The zero-order valence-electron chi connectivity index (χ0n) is 18.9. The van der Waals surface area contributed by atoms with Crippen molar-refractivity contribution >= 4 is 11.8 Å². The Morgan fingerprint density at radius 1 is 0.939 bits per heavy atom. The molecule has 3 aliphatic heterocycles. The summed E-state index contributed by atoms with van der Waals surface area (Å²) >= 11 is 0. The number of hydrogen-bond acceptors (Lipinski definition) is 5. The highest BCUT2D eigenvalue weighted by Crippen LogP contribution is 2.49. The molecule has 3 aromatic rings. The summed E-state index contributed by atoms with van der Waals surface area (Å²) in [4.78, 5) is 25.5. The van der Waals surface area contributed by atoms with Gasteiger partial charge in [0.25, 0.3) is 5.91 Å². The van der Waals surface area contributed by atoms with Crippen LogP contribution < -0.4 is 0 Å². The Morgan fingerprint density at radius 3 is 2.45 bits per heavy atom. The summed E-state index contributed by atoms with van der Waals surface area (Å²) in [5.41, 5.74) is 3.50. The number of benzene rings is 2. The van der Waals surface area contributed by atoms with Gasteiger partial charge in [-0.2, -0.15) is 0 Å². The fourth-order valence-corrected chi connectivity index (χ4v) is 5.04. The molecule has 1 saturated heterocycles. The number of fused-ring (bicyclic) bond motifs is 5. The first-order chi connectivity index (χ1) is 15.9. The third-order valence-corrected chi connectivity index (χ3v) is 6.69. The SMILES string of the molecule is CC1(C)COC(c2ccc3c(n2)-c2ccccc2[C@]2(C)OC[C@@H](c4ccccc4)N2C3=O)=N1. The van der Waals surface area contributed by atoms with Gasteiger partial charge in [-0.05, 0) is 38.5 Å². The van der Waals surface area contributed by atoms with Crippen molar-refractivity contribution in [3.05, 3.63) is 89.1 Å². The highest BCUT2D eigenvalue weighted by molar-refractivity contribution is 6.04. The minimum atomic E-state index is -0.904. The lowest BCUT2D eigenvalue weighted by molar-refractivity contribution is -0.0598. The van der Waals surface area contributed by atoms with E-state index in [-0.39, 0.29) is 17.5 Å². The van der Waals surface area contributed by atoms with Crippen LogP contribution in [0.25, 0.3) is 11.3 Å². The predicted octanol–water partition coefficient (Wildman–Crippen LogP) is 4.70. The van der Waals surface area contributed by atoms with Crippen molar-refractivity contribution in [3.63, 3.8) is 0 Å². The normalized spacial score (nSPS) is 24.9. The van der Waals surface area contributed by atoms with Crippen LogP contribution in [0.3, 0.4) is 0 Å². The van der Waals surface area contributed by atoms with E-state index in [1.807, 2.05) is 92.4 Å². The summed E-state index contributed by atoms with van der Waals surface area (Å²) in [5.74, 6) is 0.422. The molecule has 6 rings (SSSR count). The summed E-state index contributed by atoms with van der Waals surface area (Å²) in [6, 6.07) is 21.5. The molecule has 33 heavy (non-hydrogen) atoms. The van der Waals surface area contributed by atoms with Crippen molar-refractivity contribution in [2.24, 2.45) is 4.99 Å². The number of carbonyl (C=O) groups is 1. The third kappa shape index (κ3) is 3.01. The number of amides is 1. The maximum atomic E-state index is 14.1. The fourth-order valence-electron chi connectivity index (χ4n) is 5.04. The first-order valence-electron chi connectivity index (χ1n) is 11.2. The average Bonchev–Trinajstić information content (AvgIpc) is 3.36. The van der Waals surface area contributed by atoms with E-state index < -0.39 is 5.72 Å². The van der Waals surface area contributed by atoms with Gasteiger partial charge >= 0.3 is 0 Å². The van der Waals surface area contributed by atoms with E-state index in [1.54, 1.807) is 0 Å². The highest BCUT2D eigenvalue weighted by atomic mass is 16.5. The van der Waals surface area contributed by atoms with E-state index in [1.165, 1.54) is 0 Å². The van der Waals surface area contributed by atoms with Gasteiger partial charge in [-0.3, -0.25) is 9.69 Å². The molecule has 0 radical (unpaired) electrons. The monoisotopic (exact) mass is 439 g/mol. The second kappa shape index (κ2) is 6.99. The summed E-state index contributed by atoms with van der Waals surface area (Å²) < 4.78 is 12.2. The molecule has 0 aliphatic carbocycles. The minimum Gasteiger partial charge on any atom is -0.474 e. The van der Waals surface area contributed by atoms with Crippen molar-refractivity contribution in [2.75, 3.05) is 13.2 Å². The number of aliphatic imine (C=N–C) groups is 1. The van der Waals surface area contributed by atoms with E-state index in [2.05, 4.69) is 4.99 Å². The predicted molar refractivity (Wildman–Crippen MR) is 125 cm³/mol. The van der Waals surface area contributed by atoms with Gasteiger partial charge in [0, 0.05) is 11.1 Å². The standard InChI is InChI=1S/C27H25N3O3/c1-26(2)16-32-24(29-26)21-14-13-19-23(28-21)18-11-7-8-12-20(18)27(3)30(25(19)31)22(15-33-27)17-9-5-4-6-10-17/h4-14,22H,15-16H2,1-3H3/t22-,27-/m0/s1. The van der Waals surface area contributed by atoms with Crippen LogP contribution in [-0.2, 0) is 15.2 Å². The Hall–Kier alpha value is -3.51. The van der Waals surface area contributed by atoms with Gasteiger partial charge in [-0.1, -0.05) is 54.6 Å². The Kier molecular flexibility index (Phi) is 4.26. The van der Waals surface area contributed by atoms with Crippen LogP contribution in [0, 0.1) is 0 Å². The van der Waals surface area contributed by atoms with E-state index >= 15 is 0 Å². The molecule has 4 heterocycles. The van der Waals surface area contributed by atoms with Crippen LogP contribution in [0.1, 0.15) is 54.0 Å². The van der Waals surface area contributed by atoms with Crippen LogP contribution in [0.5, 0.6) is 0 Å². The van der Waals surface area contributed by atoms with E-state index in [9.17, 15) is 4.79 Å². The van der Waals surface area contributed by atoms with Crippen LogP contribution in [0.2, 0.25) is 0 Å². The van der Waals surface area contributed by atoms with Gasteiger partial charge in [0.2, 0.25) is 5.90 Å². The maximum Gasteiger partial charge on any atom is 0.259 e. The fraction of sp³-hybridized carbons (Fsp3) is 0.296. The number of rotatable bonds is 2. The molecule has 0 saturated carbocycles. The molecule has 0 N–H and O–H groups in total. The van der Waals surface area contributed by atoms with Crippen molar-refractivity contribution in [3.8, 4) is 11.3 Å². The topological polar surface area (TPSA) is 64.0 Å². The van der Waals surface area contributed by atoms with Gasteiger partial charge < -0.3 is 9.47 Å². The Morgan fingerprint density at radius 2 is 1.70 bits per heavy atom. The van der Waals surface area contributed by atoms with Gasteiger partial charge in [0.05, 0.1) is 29.4 Å². The largest absolute Gasteiger partial charge is 0.474 e. The molecular formula is C27H25N3O3. The van der Waals surface area contributed by atoms with E-state index in [0.29, 0.717) is 36.1 Å². The van der Waals surface area contributed by atoms with Crippen LogP contribution in [0.15, 0.2) is 71.7 Å². The van der Waals surface area contributed by atoms with Crippen LogP contribution >= 0.6 is 0 Å². The summed E-state index contributed by atoms with van der Waals surface area (Å²) in [6.45, 7) is 6.97. The number of pyridine rings is 1. The molecule has 0 unspecified atom stereocenters. The average molecular weight is 440 g/mol. The highest BCUT2D eigenvalue weighted by Gasteiger charge is 2.52. The van der Waals surface area contributed by atoms with Crippen molar-refractivity contribution < 1.29 is 14.3 Å². The number of nitrogens with zero attached hydrogens (tertiary/aromatic N) is 3. The van der Waals surface area contributed by atoms with Crippen LogP contribution in [0.4, 0.5) is 0 Å². The molecule has 0 spiro atoms. The zero-order valence-corrected chi connectivity index (χ0v) is 18.9. The van der Waals surface area contributed by atoms with Crippen molar-refractivity contribution in [1.29, 1.82) is 0 Å². The van der Waals surface area contributed by atoms with Gasteiger partial charge in [-0.25, -0.2) is 9.98 Å². The first kappa shape index (κ1) is 20.1. The first-order valence-corrected chi connectivity index (χ1v) is 11.2. The lowest BCUT2D eigenvalue weighted by Gasteiger charge is -2.36. The smallest absolute Gasteiger partial charge is 0.259 e. The molecule has 1 fully saturated rings. The molecular weight excluding hydrogens is 414 g/mol. The molecule has 1 amide bonds. The quantitative estimate of drug-likeness (QED) is 0.580. The molecule has 0 bridgehead atoms. The Bertz CT molecular complexity index is 1300. The molecule has 2 aromatic carbocycles. The van der Waals surface area contributed by atoms with Crippen molar-refractivity contribution in [2.45, 2.75) is 38.1 Å². The van der Waals surface area contributed by atoms with Crippen LogP contribution in [-0.4, -0.2) is 40.4 Å². The lowest BCUT2D eigenvalue weighted by atomic mass is 9.95.